The normalized spacial score (nSPS) is 10.1. The molecule has 0 aliphatic heterocycles. The van der Waals surface area contributed by atoms with Crippen LogP contribution in [0.4, 0.5) is 0 Å². The van der Waals surface area contributed by atoms with Gasteiger partial charge in [-0.25, -0.2) is 0 Å². The molecule has 0 N–H and O–H groups in total. The van der Waals surface area contributed by atoms with Gasteiger partial charge in [0, 0.05) is 18.6 Å². The van der Waals surface area contributed by atoms with E-state index < -0.39 is 0 Å². The molecule has 7 rings (SSSR count). The van der Waals surface area contributed by atoms with E-state index in [1.54, 1.807) is 6.20 Å². The summed E-state index contributed by atoms with van der Waals surface area (Å²) in [4.78, 5) is 13.0. The van der Waals surface area contributed by atoms with E-state index in [-0.39, 0.29) is 20.1 Å². The number of hydrogen-bond donors (Lipinski definition) is 0. The predicted molar refractivity (Wildman–Crippen MR) is 194 cm³/mol. The SMILES string of the molecule is CC(C)Cc1ccc(-c2ccnc(-c3[c-]cccc3)c2)cc1.Cc1ccc(-c2[c-]cccc2)nc1.[Ir+3].[c-]1ccccc1-c1ccccn1. The first kappa shape index (κ1) is 35.8. The zero-order valence-corrected chi connectivity index (χ0v) is 29.9. The van der Waals surface area contributed by atoms with Crippen molar-refractivity contribution in [1.82, 2.24) is 15.0 Å². The van der Waals surface area contributed by atoms with E-state index in [4.69, 9.17) is 0 Å². The van der Waals surface area contributed by atoms with Gasteiger partial charge in [0.25, 0.3) is 0 Å². The summed E-state index contributed by atoms with van der Waals surface area (Å²) in [7, 11) is 0. The summed E-state index contributed by atoms with van der Waals surface area (Å²) in [6, 6.07) is 56.1. The van der Waals surface area contributed by atoms with Crippen LogP contribution in [-0.4, -0.2) is 15.0 Å². The molecule has 0 bridgehead atoms. The molecule has 7 aromatic rings. The van der Waals surface area contributed by atoms with Gasteiger partial charge in [0.15, 0.2) is 0 Å². The third-order valence-corrected chi connectivity index (χ3v) is 7.22. The minimum absolute atomic E-state index is 0. The van der Waals surface area contributed by atoms with E-state index in [9.17, 15) is 0 Å². The molecule has 48 heavy (non-hydrogen) atoms. The van der Waals surface area contributed by atoms with Gasteiger partial charge in [-0.3, -0.25) is 0 Å². The Morgan fingerprint density at radius 1 is 0.521 bits per heavy atom. The standard InChI is InChI=1S/C21H20N.C12H10N.C11H8N.Ir/c1-16(2)14-17-8-10-18(11-9-17)20-12-13-22-21(15-20)19-6-4-3-5-7-19;1-10-7-8-12(13-9-10)11-5-3-2-4-6-11;1-2-6-10(7-3-1)11-8-4-5-9-12-11;/h3-6,8-13,15-16H,14H2,1-2H3;2-5,7-9H,1H3;1-6,8-9H;/q3*-1;+3. The van der Waals surface area contributed by atoms with Crippen molar-refractivity contribution in [1.29, 1.82) is 0 Å². The van der Waals surface area contributed by atoms with Gasteiger partial charge in [0.2, 0.25) is 0 Å². The van der Waals surface area contributed by atoms with Crippen molar-refractivity contribution in [3.05, 3.63) is 187 Å². The average molecular weight is 801 g/mol. The molecule has 0 amide bonds. The minimum atomic E-state index is 0. The predicted octanol–water partition coefficient (Wildman–Crippen LogP) is 10.8. The molecule has 0 saturated heterocycles. The summed E-state index contributed by atoms with van der Waals surface area (Å²) in [6.07, 6.45) is 6.65. The molecule has 0 radical (unpaired) electrons. The van der Waals surface area contributed by atoms with Gasteiger partial charge in [-0.2, -0.15) is 0 Å². The molecule has 238 valence electrons. The van der Waals surface area contributed by atoms with Gasteiger partial charge >= 0.3 is 20.1 Å². The summed E-state index contributed by atoms with van der Waals surface area (Å²) in [5.41, 5.74) is 11.0. The van der Waals surface area contributed by atoms with Crippen LogP contribution in [0, 0.1) is 31.0 Å². The Hall–Kier alpha value is -5.02. The fourth-order valence-corrected chi connectivity index (χ4v) is 4.87. The van der Waals surface area contributed by atoms with Crippen LogP contribution in [0.25, 0.3) is 44.9 Å². The van der Waals surface area contributed by atoms with E-state index in [0.717, 1.165) is 40.2 Å². The summed E-state index contributed by atoms with van der Waals surface area (Å²) in [5, 5.41) is 0. The van der Waals surface area contributed by atoms with E-state index in [0.29, 0.717) is 5.92 Å². The number of aryl methyl sites for hydroxylation is 1. The number of aromatic nitrogens is 3. The zero-order valence-electron chi connectivity index (χ0n) is 27.5. The molecule has 0 aliphatic rings. The Morgan fingerprint density at radius 3 is 1.58 bits per heavy atom. The Morgan fingerprint density at radius 2 is 1.08 bits per heavy atom. The van der Waals surface area contributed by atoms with Crippen LogP contribution in [0.2, 0.25) is 0 Å². The van der Waals surface area contributed by atoms with Gasteiger partial charge in [-0.05, 0) is 70.7 Å². The molecule has 0 atom stereocenters. The van der Waals surface area contributed by atoms with Crippen LogP contribution in [0.15, 0.2) is 158 Å². The van der Waals surface area contributed by atoms with Crippen LogP contribution in [-0.2, 0) is 26.5 Å². The number of hydrogen-bond acceptors (Lipinski definition) is 3. The van der Waals surface area contributed by atoms with Gasteiger partial charge in [-0.1, -0.05) is 68.4 Å². The summed E-state index contributed by atoms with van der Waals surface area (Å²) >= 11 is 0. The Kier molecular flexibility index (Phi) is 14.2. The second-order valence-electron chi connectivity index (χ2n) is 11.5. The third-order valence-electron chi connectivity index (χ3n) is 7.22. The summed E-state index contributed by atoms with van der Waals surface area (Å²) in [5.74, 6) is 0.687. The molecule has 4 heteroatoms. The van der Waals surface area contributed by atoms with Gasteiger partial charge in [0.1, 0.15) is 0 Å². The molecule has 3 aromatic heterocycles. The monoisotopic (exact) mass is 801 g/mol. The maximum absolute atomic E-state index is 4.46. The Labute approximate surface area is 299 Å². The molecule has 0 saturated carbocycles. The van der Waals surface area contributed by atoms with Gasteiger partial charge < -0.3 is 15.0 Å². The zero-order chi connectivity index (χ0) is 32.7. The largest absolute Gasteiger partial charge is 3.00 e. The molecule has 0 unspecified atom stereocenters. The second kappa shape index (κ2) is 19.0. The minimum Gasteiger partial charge on any atom is -0.305 e. The van der Waals surface area contributed by atoms with Crippen LogP contribution in [0.3, 0.4) is 0 Å². The van der Waals surface area contributed by atoms with Crippen molar-refractivity contribution in [2.24, 2.45) is 5.92 Å². The maximum Gasteiger partial charge on any atom is 3.00 e. The quantitative estimate of drug-likeness (QED) is 0.157. The molecule has 3 nitrogen and oxygen atoms in total. The van der Waals surface area contributed by atoms with Gasteiger partial charge in [-0.15, -0.1) is 108 Å². The molecule has 0 spiro atoms. The average Bonchev–Trinajstić information content (AvgIpc) is 3.14. The molecular weight excluding hydrogens is 763 g/mol. The van der Waals surface area contributed by atoms with Crippen molar-refractivity contribution in [2.45, 2.75) is 27.2 Å². The first-order chi connectivity index (χ1) is 23.0. The van der Waals surface area contributed by atoms with Crippen LogP contribution in [0.5, 0.6) is 0 Å². The second-order valence-corrected chi connectivity index (χ2v) is 11.5. The maximum atomic E-state index is 4.46. The fraction of sp³-hybridized carbons (Fsp3) is 0.114. The van der Waals surface area contributed by atoms with Crippen molar-refractivity contribution in [3.63, 3.8) is 0 Å². The van der Waals surface area contributed by atoms with Crippen molar-refractivity contribution in [2.75, 3.05) is 0 Å². The molecule has 0 fully saturated rings. The molecular formula is C44H38IrN3. The summed E-state index contributed by atoms with van der Waals surface area (Å²) < 4.78 is 0. The Balaban J connectivity index is 0.000000172. The summed E-state index contributed by atoms with van der Waals surface area (Å²) in [6.45, 7) is 6.53. The number of pyridine rings is 3. The third kappa shape index (κ3) is 11.1. The van der Waals surface area contributed by atoms with Crippen molar-refractivity contribution in [3.8, 4) is 44.9 Å². The van der Waals surface area contributed by atoms with Crippen LogP contribution in [0.1, 0.15) is 25.0 Å². The van der Waals surface area contributed by atoms with Gasteiger partial charge in [0.05, 0.1) is 0 Å². The number of rotatable bonds is 6. The number of nitrogens with zero attached hydrogens (tertiary/aromatic N) is 3. The van der Waals surface area contributed by atoms with Crippen LogP contribution >= 0.6 is 0 Å². The first-order valence-electron chi connectivity index (χ1n) is 15.9. The Bertz CT molecular complexity index is 1860. The van der Waals surface area contributed by atoms with Crippen molar-refractivity contribution >= 4 is 0 Å². The number of benzene rings is 4. The molecule has 3 heterocycles. The van der Waals surface area contributed by atoms with E-state index in [2.05, 4.69) is 89.5 Å². The topological polar surface area (TPSA) is 38.7 Å². The molecule has 0 aliphatic carbocycles. The smallest absolute Gasteiger partial charge is 0.305 e. The first-order valence-corrected chi connectivity index (χ1v) is 15.9. The van der Waals surface area contributed by atoms with Crippen LogP contribution < -0.4 is 0 Å². The van der Waals surface area contributed by atoms with E-state index in [1.165, 1.54) is 22.3 Å². The fourth-order valence-electron chi connectivity index (χ4n) is 4.87. The van der Waals surface area contributed by atoms with E-state index in [1.807, 2.05) is 116 Å². The van der Waals surface area contributed by atoms with Crippen molar-refractivity contribution < 1.29 is 20.1 Å². The van der Waals surface area contributed by atoms with E-state index >= 15 is 0 Å². The molecule has 4 aromatic carbocycles.